The quantitative estimate of drug-likeness (QED) is 0.796. The Balaban J connectivity index is 2.05. The van der Waals surface area contributed by atoms with E-state index < -0.39 is 6.10 Å². The summed E-state index contributed by atoms with van der Waals surface area (Å²) >= 11 is 0. The summed E-state index contributed by atoms with van der Waals surface area (Å²) in [6.07, 6.45) is -0.502. The highest BCUT2D eigenvalue weighted by Gasteiger charge is 2.17. The van der Waals surface area contributed by atoms with Crippen molar-refractivity contribution in [2.75, 3.05) is 45.9 Å². The third-order valence-electron chi connectivity index (χ3n) is 3.59. The molecule has 1 aromatic rings. The number of nitrogens with one attached hydrogen (secondary N) is 1. The van der Waals surface area contributed by atoms with Crippen LogP contribution in [0.5, 0.6) is 11.5 Å². The zero-order chi connectivity index (χ0) is 15.1. The van der Waals surface area contributed by atoms with Crippen LogP contribution in [0, 0.1) is 0 Å². The summed E-state index contributed by atoms with van der Waals surface area (Å²) in [5.74, 6) is 1.44. The minimum atomic E-state index is -0.502. The van der Waals surface area contributed by atoms with Gasteiger partial charge in [-0.1, -0.05) is 6.07 Å². The van der Waals surface area contributed by atoms with E-state index in [0.29, 0.717) is 25.5 Å². The van der Waals surface area contributed by atoms with Gasteiger partial charge in [0, 0.05) is 32.7 Å². The van der Waals surface area contributed by atoms with Crippen LogP contribution < -0.4 is 14.8 Å². The first-order valence-corrected chi connectivity index (χ1v) is 7.75. The molecule has 0 amide bonds. The third-order valence-corrected chi connectivity index (χ3v) is 3.59. The van der Waals surface area contributed by atoms with Crippen LogP contribution >= 0.6 is 0 Å². The van der Waals surface area contributed by atoms with Crippen LogP contribution in [0.4, 0.5) is 0 Å². The summed E-state index contributed by atoms with van der Waals surface area (Å²) in [4.78, 5) is 2.28. The van der Waals surface area contributed by atoms with Crippen molar-refractivity contribution in [3.05, 3.63) is 23.8 Å². The SMILES string of the molecule is CCOc1ccc(C(O)CN2CCNCC2)cc1OCC. The van der Waals surface area contributed by atoms with Crippen LogP contribution in [0.15, 0.2) is 18.2 Å². The van der Waals surface area contributed by atoms with Crippen LogP contribution in [-0.2, 0) is 0 Å². The number of benzene rings is 1. The molecule has 118 valence electrons. The van der Waals surface area contributed by atoms with Crippen LogP contribution in [0.25, 0.3) is 0 Å². The summed E-state index contributed by atoms with van der Waals surface area (Å²) in [7, 11) is 0. The Kier molecular flexibility index (Phi) is 6.29. The minimum absolute atomic E-state index is 0.502. The summed E-state index contributed by atoms with van der Waals surface area (Å²) in [5.41, 5.74) is 0.875. The van der Waals surface area contributed by atoms with Gasteiger partial charge in [0.25, 0.3) is 0 Å². The third kappa shape index (κ3) is 4.59. The molecule has 0 bridgehead atoms. The number of aliphatic hydroxyl groups is 1. The van der Waals surface area contributed by atoms with Gasteiger partial charge in [0.2, 0.25) is 0 Å². The molecule has 1 unspecified atom stereocenters. The molecule has 1 aliphatic heterocycles. The molecule has 5 nitrogen and oxygen atoms in total. The van der Waals surface area contributed by atoms with Crippen molar-refractivity contribution in [1.82, 2.24) is 10.2 Å². The van der Waals surface area contributed by atoms with Gasteiger partial charge in [-0.15, -0.1) is 0 Å². The molecule has 1 aromatic carbocycles. The minimum Gasteiger partial charge on any atom is -0.490 e. The first-order chi connectivity index (χ1) is 10.2. The molecule has 0 radical (unpaired) electrons. The zero-order valence-electron chi connectivity index (χ0n) is 13.0. The molecule has 21 heavy (non-hydrogen) atoms. The summed E-state index contributed by atoms with van der Waals surface area (Å²) < 4.78 is 11.2. The Bertz CT molecular complexity index is 434. The Morgan fingerprint density at radius 3 is 2.48 bits per heavy atom. The lowest BCUT2D eigenvalue weighted by molar-refractivity contribution is 0.105. The van der Waals surface area contributed by atoms with Crippen molar-refractivity contribution >= 4 is 0 Å². The molecule has 1 fully saturated rings. The highest BCUT2D eigenvalue weighted by atomic mass is 16.5. The Hall–Kier alpha value is -1.30. The van der Waals surface area contributed by atoms with Gasteiger partial charge in [-0.3, -0.25) is 4.90 Å². The normalized spacial score (nSPS) is 17.5. The second-order valence-corrected chi connectivity index (χ2v) is 5.14. The maximum Gasteiger partial charge on any atom is 0.161 e. The van der Waals surface area contributed by atoms with Gasteiger partial charge in [-0.05, 0) is 31.5 Å². The number of β-amino-alcohol motifs (C(OH)–C–C–N with tert-alkyl or cyclic N) is 1. The molecule has 1 atom stereocenters. The maximum absolute atomic E-state index is 10.4. The molecule has 0 spiro atoms. The molecule has 2 N–H and O–H groups in total. The molecular weight excluding hydrogens is 268 g/mol. The summed E-state index contributed by atoms with van der Waals surface area (Å²) in [6, 6.07) is 5.69. The Labute approximate surface area is 126 Å². The summed E-state index contributed by atoms with van der Waals surface area (Å²) in [6.45, 7) is 9.66. The number of piperazine rings is 1. The Morgan fingerprint density at radius 2 is 1.81 bits per heavy atom. The van der Waals surface area contributed by atoms with Gasteiger partial charge in [0.1, 0.15) is 0 Å². The topological polar surface area (TPSA) is 54.0 Å². The van der Waals surface area contributed by atoms with Crippen LogP contribution in [0.1, 0.15) is 25.5 Å². The molecule has 0 saturated carbocycles. The standard InChI is InChI=1S/C16H26N2O3/c1-3-20-15-6-5-13(11-16(15)21-4-2)14(19)12-18-9-7-17-8-10-18/h5-6,11,14,17,19H,3-4,7-10,12H2,1-2H3. The lowest BCUT2D eigenvalue weighted by Crippen LogP contribution is -2.44. The average molecular weight is 294 g/mol. The van der Waals surface area contributed by atoms with E-state index in [0.717, 1.165) is 37.5 Å². The second kappa shape index (κ2) is 8.22. The fourth-order valence-corrected chi connectivity index (χ4v) is 2.52. The molecule has 1 heterocycles. The predicted octanol–water partition coefficient (Wildman–Crippen LogP) is 1.42. The van der Waals surface area contributed by atoms with Gasteiger partial charge < -0.3 is 19.9 Å². The van der Waals surface area contributed by atoms with Crippen molar-refractivity contribution in [3.8, 4) is 11.5 Å². The van der Waals surface area contributed by atoms with Crippen molar-refractivity contribution < 1.29 is 14.6 Å². The number of ether oxygens (including phenoxy) is 2. The van der Waals surface area contributed by atoms with E-state index in [9.17, 15) is 5.11 Å². The molecule has 0 aromatic heterocycles. The van der Waals surface area contributed by atoms with Gasteiger partial charge in [0.05, 0.1) is 19.3 Å². The molecular formula is C16H26N2O3. The van der Waals surface area contributed by atoms with Gasteiger partial charge in [-0.25, -0.2) is 0 Å². The van der Waals surface area contributed by atoms with Crippen LogP contribution in [0.3, 0.4) is 0 Å². The van der Waals surface area contributed by atoms with Gasteiger partial charge in [0.15, 0.2) is 11.5 Å². The van der Waals surface area contributed by atoms with E-state index in [2.05, 4.69) is 10.2 Å². The predicted molar refractivity (Wildman–Crippen MR) is 83.0 cm³/mol. The van der Waals surface area contributed by atoms with Crippen molar-refractivity contribution in [3.63, 3.8) is 0 Å². The first kappa shape index (κ1) is 16.1. The maximum atomic E-state index is 10.4. The monoisotopic (exact) mass is 294 g/mol. The van der Waals surface area contributed by atoms with E-state index >= 15 is 0 Å². The molecule has 1 saturated heterocycles. The van der Waals surface area contributed by atoms with Crippen molar-refractivity contribution in [2.24, 2.45) is 0 Å². The molecule has 1 aliphatic rings. The van der Waals surface area contributed by atoms with E-state index in [1.165, 1.54) is 0 Å². The largest absolute Gasteiger partial charge is 0.490 e. The Morgan fingerprint density at radius 1 is 1.14 bits per heavy atom. The number of hydrogen-bond donors (Lipinski definition) is 2. The molecule has 5 heteroatoms. The molecule has 2 rings (SSSR count). The fraction of sp³-hybridized carbons (Fsp3) is 0.625. The van der Waals surface area contributed by atoms with E-state index in [1.807, 2.05) is 32.0 Å². The highest BCUT2D eigenvalue weighted by molar-refractivity contribution is 5.43. The number of nitrogens with zero attached hydrogens (tertiary/aromatic N) is 1. The van der Waals surface area contributed by atoms with E-state index in [4.69, 9.17) is 9.47 Å². The van der Waals surface area contributed by atoms with E-state index in [1.54, 1.807) is 0 Å². The molecule has 0 aliphatic carbocycles. The fourth-order valence-electron chi connectivity index (χ4n) is 2.52. The second-order valence-electron chi connectivity index (χ2n) is 5.14. The van der Waals surface area contributed by atoms with Crippen LogP contribution in [-0.4, -0.2) is 55.9 Å². The number of rotatable bonds is 7. The average Bonchev–Trinajstić information content (AvgIpc) is 2.50. The van der Waals surface area contributed by atoms with Gasteiger partial charge in [-0.2, -0.15) is 0 Å². The zero-order valence-corrected chi connectivity index (χ0v) is 13.0. The van der Waals surface area contributed by atoms with Crippen molar-refractivity contribution in [2.45, 2.75) is 20.0 Å². The smallest absolute Gasteiger partial charge is 0.161 e. The van der Waals surface area contributed by atoms with Gasteiger partial charge >= 0.3 is 0 Å². The first-order valence-electron chi connectivity index (χ1n) is 7.75. The van der Waals surface area contributed by atoms with Crippen LogP contribution in [0.2, 0.25) is 0 Å². The highest BCUT2D eigenvalue weighted by Crippen LogP contribution is 2.31. The van der Waals surface area contributed by atoms with Crippen molar-refractivity contribution in [1.29, 1.82) is 0 Å². The number of hydrogen-bond acceptors (Lipinski definition) is 5. The lowest BCUT2D eigenvalue weighted by Gasteiger charge is -2.29. The lowest BCUT2D eigenvalue weighted by atomic mass is 10.1. The number of aliphatic hydroxyl groups excluding tert-OH is 1. The summed E-state index contributed by atoms with van der Waals surface area (Å²) in [5, 5.41) is 13.7. The van der Waals surface area contributed by atoms with E-state index in [-0.39, 0.29) is 0 Å².